The fourth-order valence-corrected chi connectivity index (χ4v) is 4.40. The molecule has 1 fully saturated rings. The maximum absolute atomic E-state index is 14.9. The van der Waals surface area contributed by atoms with Gasteiger partial charge in [-0.3, -0.25) is 4.79 Å². The molecule has 178 valence electrons. The predicted molar refractivity (Wildman–Crippen MR) is 124 cm³/mol. The van der Waals surface area contributed by atoms with Gasteiger partial charge in [-0.25, -0.2) is 23.4 Å². The lowest BCUT2D eigenvalue weighted by atomic mass is 10.1. The summed E-state index contributed by atoms with van der Waals surface area (Å²) < 4.78 is 37.7. The van der Waals surface area contributed by atoms with Crippen LogP contribution in [0.1, 0.15) is 46.4 Å². The number of benzene rings is 2. The van der Waals surface area contributed by atoms with Crippen LogP contribution < -0.4 is 10.1 Å². The van der Waals surface area contributed by atoms with Gasteiger partial charge in [0.25, 0.3) is 5.91 Å². The lowest BCUT2D eigenvalue weighted by Crippen LogP contribution is -2.19. The summed E-state index contributed by atoms with van der Waals surface area (Å²) in [6.45, 7) is 1.12. The number of alkyl halides is 1. The molecule has 0 spiro atoms. The van der Waals surface area contributed by atoms with Crippen LogP contribution in [0.25, 0.3) is 17.1 Å². The van der Waals surface area contributed by atoms with E-state index in [2.05, 4.69) is 20.4 Å². The molecule has 1 N–H and O–H groups in total. The lowest BCUT2D eigenvalue weighted by Gasteiger charge is -2.15. The van der Waals surface area contributed by atoms with Crippen LogP contribution in [-0.2, 0) is 0 Å². The van der Waals surface area contributed by atoms with Crippen LogP contribution in [0.3, 0.4) is 0 Å². The molecule has 2 aromatic heterocycles. The van der Waals surface area contributed by atoms with E-state index < -0.39 is 24.4 Å². The average Bonchev–Trinajstić information content (AvgIpc) is 3.43. The number of hydrogen-bond donors (Lipinski definition) is 1. The van der Waals surface area contributed by atoms with Crippen LogP contribution in [0.15, 0.2) is 49.2 Å². The summed E-state index contributed by atoms with van der Waals surface area (Å²) in [7, 11) is 0. The molecule has 0 radical (unpaired) electrons. The van der Waals surface area contributed by atoms with Crippen molar-refractivity contribution in [1.82, 2.24) is 24.3 Å². The zero-order chi connectivity index (χ0) is 24.1. The van der Waals surface area contributed by atoms with Crippen LogP contribution in [0, 0.1) is 12.7 Å². The van der Waals surface area contributed by atoms with Crippen LogP contribution in [0.5, 0.6) is 5.75 Å². The molecule has 1 atom stereocenters. The standard InChI is InChI=1S/C25H22F2N6O2/c1-14-7-19(27)18(8-22(14)32-10-21(29-13-32)15-5-6-15)25(34)31-20-4-2-3-17-23(20)35-11-16(9-26)33-24(17)28-12-30-33/h2-4,7-8,10,12-13,15-16H,5-6,9,11H2,1H3,(H,31,34)/t16-/m0/s1. The number of fused-ring (bicyclic) bond motifs is 3. The van der Waals surface area contributed by atoms with Crippen molar-refractivity contribution in [3.8, 4) is 22.8 Å². The van der Waals surface area contributed by atoms with Gasteiger partial charge in [-0.05, 0) is 49.6 Å². The molecule has 0 bridgehead atoms. The molecule has 0 saturated heterocycles. The predicted octanol–water partition coefficient (Wildman–Crippen LogP) is 4.61. The highest BCUT2D eigenvalue weighted by atomic mass is 19.1. The molecular weight excluding hydrogens is 454 g/mol. The number of imidazole rings is 1. The Balaban J connectivity index is 1.34. The first kappa shape index (κ1) is 21.5. The Morgan fingerprint density at radius 3 is 2.91 bits per heavy atom. The van der Waals surface area contributed by atoms with Crippen molar-refractivity contribution in [2.75, 3.05) is 18.6 Å². The molecule has 2 aromatic carbocycles. The van der Waals surface area contributed by atoms with Gasteiger partial charge in [0.2, 0.25) is 0 Å². The monoisotopic (exact) mass is 476 g/mol. The molecule has 2 aliphatic rings. The van der Waals surface area contributed by atoms with E-state index in [9.17, 15) is 13.6 Å². The van der Waals surface area contributed by atoms with Gasteiger partial charge in [0.1, 0.15) is 31.5 Å². The number of halogens is 2. The van der Waals surface area contributed by atoms with Crippen LogP contribution in [0.2, 0.25) is 0 Å². The SMILES string of the molecule is Cc1cc(F)c(C(=O)Nc2cccc3c2OC[C@H](CF)n2ncnc2-3)cc1-n1cnc(C2CC2)c1. The van der Waals surface area contributed by atoms with Gasteiger partial charge in [0.15, 0.2) is 11.6 Å². The van der Waals surface area contributed by atoms with E-state index in [1.807, 2.05) is 10.8 Å². The number of anilines is 1. The summed E-state index contributed by atoms with van der Waals surface area (Å²) in [5.41, 5.74) is 3.16. The van der Waals surface area contributed by atoms with Gasteiger partial charge in [-0.2, -0.15) is 5.10 Å². The summed E-state index contributed by atoms with van der Waals surface area (Å²) in [5, 5.41) is 6.88. The fourth-order valence-electron chi connectivity index (χ4n) is 4.40. The van der Waals surface area contributed by atoms with E-state index in [1.54, 1.807) is 31.5 Å². The van der Waals surface area contributed by atoms with Crippen LogP contribution in [-0.4, -0.2) is 43.5 Å². The Hall–Kier alpha value is -4.08. The van der Waals surface area contributed by atoms with E-state index in [1.165, 1.54) is 23.1 Å². The number of amides is 1. The van der Waals surface area contributed by atoms with Crippen molar-refractivity contribution >= 4 is 11.6 Å². The highest BCUT2D eigenvalue weighted by Crippen LogP contribution is 2.40. The Morgan fingerprint density at radius 1 is 1.26 bits per heavy atom. The zero-order valence-corrected chi connectivity index (χ0v) is 18.9. The minimum absolute atomic E-state index is 0.0136. The highest BCUT2D eigenvalue weighted by molar-refractivity contribution is 6.06. The maximum atomic E-state index is 14.9. The molecular formula is C25H22F2N6O2. The number of rotatable bonds is 5. The smallest absolute Gasteiger partial charge is 0.258 e. The summed E-state index contributed by atoms with van der Waals surface area (Å²) >= 11 is 0. The normalized spacial score (nSPS) is 16.7. The third kappa shape index (κ3) is 3.74. The number of carbonyl (C=O) groups is 1. The fraction of sp³-hybridized carbons (Fsp3) is 0.280. The minimum Gasteiger partial charge on any atom is -0.488 e. The quantitative estimate of drug-likeness (QED) is 0.455. The number of nitrogens with one attached hydrogen (secondary N) is 1. The molecule has 6 rings (SSSR count). The van der Waals surface area contributed by atoms with Gasteiger partial charge in [0.05, 0.1) is 34.5 Å². The minimum atomic E-state index is -0.680. The summed E-state index contributed by atoms with van der Waals surface area (Å²) in [5.74, 6) is -0.00694. The molecule has 4 aromatic rings. The van der Waals surface area contributed by atoms with Crippen molar-refractivity contribution in [3.05, 3.63) is 71.8 Å². The Morgan fingerprint density at radius 2 is 2.11 bits per heavy atom. The number of carbonyl (C=O) groups excluding carboxylic acids is 1. The number of aromatic nitrogens is 5. The Bertz CT molecular complexity index is 1440. The second-order valence-corrected chi connectivity index (χ2v) is 8.88. The third-order valence-electron chi connectivity index (χ3n) is 6.43. The zero-order valence-electron chi connectivity index (χ0n) is 18.9. The number of ether oxygens (including phenoxy) is 1. The molecule has 8 nitrogen and oxygen atoms in total. The Kier molecular flexibility index (Phi) is 5.09. The van der Waals surface area contributed by atoms with Gasteiger partial charge < -0.3 is 14.6 Å². The molecule has 1 aliphatic heterocycles. The highest BCUT2D eigenvalue weighted by Gasteiger charge is 2.28. The van der Waals surface area contributed by atoms with E-state index in [0.29, 0.717) is 40.0 Å². The van der Waals surface area contributed by atoms with Crippen molar-refractivity contribution < 1.29 is 18.3 Å². The number of para-hydroxylation sites is 1. The summed E-state index contributed by atoms with van der Waals surface area (Å²) in [6.07, 6.45) is 7.23. The molecule has 1 aliphatic carbocycles. The molecule has 1 amide bonds. The van der Waals surface area contributed by atoms with E-state index in [0.717, 1.165) is 18.5 Å². The van der Waals surface area contributed by atoms with E-state index >= 15 is 0 Å². The molecule has 10 heteroatoms. The topological polar surface area (TPSA) is 86.9 Å². The summed E-state index contributed by atoms with van der Waals surface area (Å²) in [6, 6.07) is 7.35. The molecule has 0 unspecified atom stereocenters. The van der Waals surface area contributed by atoms with Gasteiger partial charge in [-0.1, -0.05) is 6.07 Å². The first-order chi connectivity index (χ1) is 17.0. The first-order valence-electron chi connectivity index (χ1n) is 11.4. The molecule has 35 heavy (non-hydrogen) atoms. The third-order valence-corrected chi connectivity index (χ3v) is 6.43. The number of nitrogens with zero attached hydrogens (tertiary/aromatic N) is 5. The van der Waals surface area contributed by atoms with Crippen molar-refractivity contribution in [2.45, 2.75) is 31.7 Å². The maximum Gasteiger partial charge on any atom is 0.258 e. The second kappa shape index (κ2) is 8.30. The molecule has 1 saturated carbocycles. The molecule has 3 heterocycles. The first-order valence-corrected chi connectivity index (χ1v) is 11.4. The average molecular weight is 476 g/mol. The second-order valence-electron chi connectivity index (χ2n) is 8.88. The van der Waals surface area contributed by atoms with Crippen molar-refractivity contribution in [2.24, 2.45) is 0 Å². The Labute approximate surface area is 199 Å². The van der Waals surface area contributed by atoms with Gasteiger partial charge in [-0.15, -0.1) is 0 Å². The lowest BCUT2D eigenvalue weighted by molar-refractivity contribution is 0.102. The largest absolute Gasteiger partial charge is 0.488 e. The van der Waals surface area contributed by atoms with Crippen molar-refractivity contribution in [1.29, 1.82) is 0 Å². The van der Waals surface area contributed by atoms with Crippen LogP contribution in [0.4, 0.5) is 14.5 Å². The van der Waals surface area contributed by atoms with E-state index in [4.69, 9.17) is 4.74 Å². The van der Waals surface area contributed by atoms with Gasteiger partial charge in [0, 0.05) is 12.1 Å². The van der Waals surface area contributed by atoms with E-state index in [-0.39, 0.29) is 12.2 Å². The number of aryl methyl sites for hydroxylation is 1. The van der Waals surface area contributed by atoms with Gasteiger partial charge >= 0.3 is 0 Å². The van der Waals surface area contributed by atoms with Crippen LogP contribution >= 0.6 is 0 Å². The summed E-state index contributed by atoms with van der Waals surface area (Å²) in [4.78, 5) is 21.9. The number of hydrogen-bond acceptors (Lipinski definition) is 5. The van der Waals surface area contributed by atoms with Crippen molar-refractivity contribution in [3.63, 3.8) is 0 Å².